The van der Waals surface area contributed by atoms with E-state index in [1.165, 1.54) is 24.3 Å². The third-order valence-electron chi connectivity index (χ3n) is 2.65. The lowest BCUT2D eigenvalue weighted by atomic mass is 10.1. The van der Waals surface area contributed by atoms with Gasteiger partial charge in [0.2, 0.25) is 0 Å². The first-order valence-electron chi connectivity index (χ1n) is 5.58. The van der Waals surface area contributed by atoms with E-state index in [0.29, 0.717) is 10.0 Å². The molecule has 0 unspecified atom stereocenters. The Labute approximate surface area is 122 Å². The maximum atomic E-state index is 13.5. The molecule has 7 heteroatoms. The topological polar surface area (TPSA) is 78.4 Å². The molecule has 0 radical (unpaired) electrons. The Morgan fingerprint density at radius 1 is 1.35 bits per heavy atom. The Kier molecular flexibility index (Phi) is 4.19. The number of anilines is 1. The summed E-state index contributed by atoms with van der Waals surface area (Å²) < 4.78 is 19.5. The SMILES string of the molecule is Nc1c(COc2cc(Br)ccc2F)cccc1[N+](=O)[O-]. The fraction of sp³-hybridized carbons (Fsp3) is 0.0769. The van der Waals surface area contributed by atoms with Crippen LogP contribution in [0.3, 0.4) is 0 Å². The van der Waals surface area contributed by atoms with Gasteiger partial charge in [0.1, 0.15) is 12.3 Å². The zero-order chi connectivity index (χ0) is 14.7. The minimum absolute atomic E-state index is 0.0212. The van der Waals surface area contributed by atoms with Crippen LogP contribution in [0, 0.1) is 15.9 Å². The van der Waals surface area contributed by atoms with E-state index in [0.717, 1.165) is 0 Å². The van der Waals surface area contributed by atoms with Crippen LogP contribution in [0.25, 0.3) is 0 Å². The molecular weight excluding hydrogens is 331 g/mol. The standard InChI is InChI=1S/C13H10BrFN2O3/c14-9-4-5-10(15)12(6-9)20-7-8-2-1-3-11(13(8)16)17(18)19/h1-6H,7,16H2. The first kappa shape index (κ1) is 14.3. The molecule has 104 valence electrons. The number of hydrogen-bond donors (Lipinski definition) is 1. The van der Waals surface area contributed by atoms with Gasteiger partial charge in [0, 0.05) is 16.1 Å². The molecule has 20 heavy (non-hydrogen) atoms. The van der Waals surface area contributed by atoms with E-state index in [4.69, 9.17) is 10.5 Å². The summed E-state index contributed by atoms with van der Waals surface area (Å²) in [6.45, 7) is -0.0547. The molecule has 0 spiro atoms. The first-order chi connectivity index (χ1) is 9.49. The molecule has 0 fully saturated rings. The van der Waals surface area contributed by atoms with Gasteiger partial charge in [-0.1, -0.05) is 28.1 Å². The lowest BCUT2D eigenvalue weighted by Crippen LogP contribution is -2.04. The molecule has 0 saturated heterocycles. The average Bonchev–Trinajstić information content (AvgIpc) is 2.41. The predicted molar refractivity (Wildman–Crippen MR) is 75.9 cm³/mol. The molecular formula is C13H10BrFN2O3. The number of nitro groups is 1. The minimum atomic E-state index is -0.571. The highest BCUT2D eigenvalue weighted by Crippen LogP contribution is 2.27. The molecule has 0 aliphatic carbocycles. The first-order valence-corrected chi connectivity index (χ1v) is 6.38. The number of benzene rings is 2. The number of rotatable bonds is 4. The van der Waals surface area contributed by atoms with E-state index in [-0.39, 0.29) is 23.7 Å². The van der Waals surface area contributed by atoms with E-state index in [9.17, 15) is 14.5 Å². The van der Waals surface area contributed by atoms with Gasteiger partial charge in [0.15, 0.2) is 11.6 Å². The number of hydrogen-bond acceptors (Lipinski definition) is 4. The Hall–Kier alpha value is -2.15. The summed E-state index contributed by atoms with van der Waals surface area (Å²) >= 11 is 3.21. The Morgan fingerprint density at radius 3 is 2.80 bits per heavy atom. The Morgan fingerprint density at radius 2 is 2.10 bits per heavy atom. The van der Waals surface area contributed by atoms with Gasteiger partial charge < -0.3 is 10.5 Å². The zero-order valence-corrected chi connectivity index (χ0v) is 11.8. The lowest BCUT2D eigenvalue weighted by molar-refractivity contribution is -0.384. The zero-order valence-electron chi connectivity index (χ0n) is 10.2. The summed E-state index contributed by atoms with van der Waals surface area (Å²) in [4.78, 5) is 10.2. The lowest BCUT2D eigenvalue weighted by Gasteiger charge is -2.09. The van der Waals surface area contributed by atoms with E-state index >= 15 is 0 Å². The van der Waals surface area contributed by atoms with E-state index < -0.39 is 10.7 Å². The monoisotopic (exact) mass is 340 g/mol. The Bertz CT molecular complexity index is 664. The third-order valence-corrected chi connectivity index (χ3v) is 3.14. The molecule has 2 N–H and O–H groups in total. The molecule has 0 amide bonds. The van der Waals surface area contributed by atoms with Crippen LogP contribution in [0.15, 0.2) is 40.9 Å². The van der Waals surface area contributed by atoms with Gasteiger partial charge in [-0.2, -0.15) is 0 Å². The highest BCUT2D eigenvalue weighted by molar-refractivity contribution is 9.10. The van der Waals surface area contributed by atoms with Crippen molar-refractivity contribution in [1.82, 2.24) is 0 Å². The summed E-state index contributed by atoms with van der Waals surface area (Å²) in [6.07, 6.45) is 0. The van der Waals surface area contributed by atoms with Gasteiger partial charge in [-0.05, 0) is 18.2 Å². The van der Waals surface area contributed by atoms with Crippen molar-refractivity contribution in [3.05, 3.63) is 62.4 Å². The van der Waals surface area contributed by atoms with E-state index in [2.05, 4.69) is 15.9 Å². The number of nitro benzene ring substituents is 1. The number of nitrogen functional groups attached to an aromatic ring is 1. The van der Waals surface area contributed by atoms with Crippen LogP contribution < -0.4 is 10.5 Å². The summed E-state index contributed by atoms with van der Waals surface area (Å²) in [5.74, 6) is -0.470. The molecule has 0 bridgehead atoms. The molecule has 5 nitrogen and oxygen atoms in total. The smallest absolute Gasteiger partial charge is 0.292 e. The molecule has 0 saturated carbocycles. The average molecular weight is 341 g/mol. The quantitative estimate of drug-likeness (QED) is 0.523. The molecule has 0 aliphatic heterocycles. The van der Waals surface area contributed by atoms with Crippen LogP contribution >= 0.6 is 15.9 Å². The van der Waals surface area contributed by atoms with Crippen molar-refractivity contribution in [2.45, 2.75) is 6.61 Å². The van der Waals surface area contributed by atoms with Crippen molar-refractivity contribution >= 4 is 27.3 Å². The van der Waals surface area contributed by atoms with Crippen LogP contribution in [0.1, 0.15) is 5.56 Å². The van der Waals surface area contributed by atoms with Crippen LogP contribution in [0.2, 0.25) is 0 Å². The van der Waals surface area contributed by atoms with Crippen LogP contribution in [-0.2, 0) is 6.61 Å². The molecule has 0 heterocycles. The molecule has 0 aliphatic rings. The number of para-hydroxylation sites is 1. The normalized spacial score (nSPS) is 10.3. The number of ether oxygens (including phenoxy) is 1. The van der Waals surface area contributed by atoms with Gasteiger partial charge in [0.25, 0.3) is 5.69 Å². The largest absolute Gasteiger partial charge is 0.486 e. The molecule has 2 aromatic rings. The highest BCUT2D eigenvalue weighted by Gasteiger charge is 2.15. The van der Waals surface area contributed by atoms with Crippen LogP contribution in [0.5, 0.6) is 5.75 Å². The van der Waals surface area contributed by atoms with Gasteiger partial charge in [-0.15, -0.1) is 0 Å². The van der Waals surface area contributed by atoms with Crippen molar-refractivity contribution in [3.8, 4) is 5.75 Å². The van der Waals surface area contributed by atoms with Gasteiger partial charge in [0.05, 0.1) is 4.92 Å². The number of nitrogens with zero attached hydrogens (tertiary/aromatic N) is 1. The maximum Gasteiger partial charge on any atom is 0.292 e. The van der Waals surface area contributed by atoms with E-state index in [1.807, 2.05) is 0 Å². The predicted octanol–water partition coefficient (Wildman–Crippen LogP) is 3.66. The third kappa shape index (κ3) is 3.05. The minimum Gasteiger partial charge on any atom is -0.486 e. The summed E-state index contributed by atoms with van der Waals surface area (Å²) in [6, 6.07) is 8.68. The molecule has 2 rings (SSSR count). The number of halogens is 2. The van der Waals surface area contributed by atoms with Crippen molar-refractivity contribution in [2.24, 2.45) is 0 Å². The van der Waals surface area contributed by atoms with Crippen molar-refractivity contribution < 1.29 is 14.1 Å². The fourth-order valence-corrected chi connectivity index (χ4v) is 1.97. The van der Waals surface area contributed by atoms with Crippen molar-refractivity contribution in [2.75, 3.05) is 5.73 Å². The maximum absolute atomic E-state index is 13.5. The van der Waals surface area contributed by atoms with Gasteiger partial charge >= 0.3 is 0 Å². The second-order valence-electron chi connectivity index (χ2n) is 3.97. The summed E-state index contributed by atoms with van der Waals surface area (Å²) in [7, 11) is 0. The van der Waals surface area contributed by atoms with Crippen molar-refractivity contribution in [1.29, 1.82) is 0 Å². The second kappa shape index (κ2) is 5.87. The highest BCUT2D eigenvalue weighted by atomic mass is 79.9. The van der Waals surface area contributed by atoms with Gasteiger partial charge in [-0.3, -0.25) is 10.1 Å². The summed E-state index contributed by atoms with van der Waals surface area (Å²) in [5, 5.41) is 10.8. The van der Waals surface area contributed by atoms with E-state index in [1.54, 1.807) is 12.1 Å². The molecule has 0 aromatic heterocycles. The van der Waals surface area contributed by atoms with Crippen molar-refractivity contribution in [3.63, 3.8) is 0 Å². The molecule has 0 atom stereocenters. The van der Waals surface area contributed by atoms with Gasteiger partial charge in [-0.25, -0.2) is 4.39 Å². The molecule has 2 aromatic carbocycles. The Balaban J connectivity index is 2.21. The second-order valence-corrected chi connectivity index (χ2v) is 4.89. The number of nitrogens with two attached hydrogens (primary N) is 1. The van der Waals surface area contributed by atoms with Crippen LogP contribution in [0.4, 0.5) is 15.8 Å². The van der Waals surface area contributed by atoms with Crippen LogP contribution in [-0.4, -0.2) is 4.92 Å². The fourth-order valence-electron chi connectivity index (χ4n) is 1.63. The summed E-state index contributed by atoms with van der Waals surface area (Å²) in [5.41, 5.74) is 5.95.